The number of hydrogen-bond acceptors (Lipinski definition) is 8. The van der Waals surface area contributed by atoms with Crippen molar-refractivity contribution in [3.8, 4) is 5.75 Å². The van der Waals surface area contributed by atoms with Crippen molar-refractivity contribution < 1.29 is 23.8 Å². The normalized spacial score (nSPS) is 12.6. The molecule has 9 nitrogen and oxygen atoms in total. The molecule has 0 aliphatic rings. The Labute approximate surface area is 195 Å². The lowest BCUT2D eigenvalue weighted by Gasteiger charge is -2.14. The monoisotopic (exact) mass is 458 g/mol. The fraction of sp³-hybridized carbons (Fsp3) is 0.542. The molecule has 1 aromatic carbocycles. The van der Waals surface area contributed by atoms with Crippen LogP contribution in [0.25, 0.3) is 0 Å². The van der Waals surface area contributed by atoms with Crippen LogP contribution in [0.15, 0.2) is 36.4 Å². The van der Waals surface area contributed by atoms with Gasteiger partial charge < -0.3 is 14.2 Å². The van der Waals surface area contributed by atoms with Crippen molar-refractivity contribution >= 4 is 11.9 Å². The number of methoxy groups -OCH3 is 1. The Balaban J connectivity index is 1.78. The van der Waals surface area contributed by atoms with Gasteiger partial charge in [0.05, 0.1) is 26.2 Å². The number of hydrogen-bond donors (Lipinski definition) is 0. The molecule has 0 spiro atoms. The van der Waals surface area contributed by atoms with E-state index in [0.29, 0.717) is 6.54 Å². The van der Waals surface area contributed by atoms with Crippen molar-refractivity contribution in [2.45, 2.75) is 78.0 Å². The fourth-order valence-corrected chi connectivity index (χ4v) is 3.11. The third-order valence-electron chi connectivity index (χ3n) is 5.04. The summed E-state index contributed by atoms with van der Waals surface area (Å²) in [4.78, 5) is 25.8. The Morgan fingerprint density at radius 3 is 2.48 bits per heavy atom. The first-order valence-corrected chi connectivity index (χ1v) is 11.3. The lowest BCUT2D eigenvalue weighted by molar-refractivity contribution is -0.151. The molecule has 0 N–H and O–H groups in total. The molecular weight excluding hydrogens is 424 g/mol. The number of esters is 2. The van der Waals surface area contributed by atoms with Gasteiger partial charge in [0, 0.05) is 5.57 Å². The average molecular weight is 459 g/mol. The summed E-state index contributed by atoms with van der Waals surface area (Å²) in [5, 5.41) is 12.2. The number of nitrogens with zero attached hydrogens (tertiary/aromatic N) is 4. The van der Waals surface area contributed by atoms with E-state index in [0.717, 1.165) is 37.0 Å². The van der Waals surface area contributed by atoms with Crippen molar-refractivity contribution in [2.75, 3.05) is 7.11 Å². The quantitative estimate of drug-likeness (QED) is 0.236. The summed E-state index contributed by atoms with van der Waals surface area (Å²) < 4.78 is 15.9. The minimum absolute atomic E-state index is 0.0238. The number of benzene rings is 1. The number of aromatic nitrogens is 4. The summed E-state index contributed by atoms with van der Waals surface area (Å²) in [5.74, 6) is -0.164. The SMILES string of the molecule is C=C(CC(=O)OC(C)CCCCCC)C(=O)OC(C)c1nnn(Cc2ccc(OC)cc2)n1. The van der Waals surface area contributed by atoms with Gasteiger partial charge in [0.15, 0.2) is 6.10 Å². The van der Waals surface area contributed by atoms with Crippen molar-refractivity contribution in [3.63, 3.8) is 0 Å². The lowest BCUT2D eigenvalue weighted by Crippen LogP contribution is -2.19. The maximum Gasteiger partial charge on any atom is 0.334 e. The van der Waals surface area contributed by atoms with Gasteiger partial charge in [-0.3, -0.25) is 4.79 Å². The number of rotatable bonds is 14. The van der Waals surface area contributed by atoms with Gasteiger partial charge in [0.2, 0.25) is 5.82 Å². The van der Waals surface area contributed by atoms with E-state index in [1.807, 2.05) is 31.2 Å². The van der Waals surface area contributed by atoms with Gasteiger partial charge in [0.1, 0.15) is 5.75 Å². The lowest BCUT2D eigenvalue weighted by atomic mass is 10.1. The molecule has 33 heavy (non-hydrogen) atoms. The predicted molar refractivity (Wildman–Crippen MR) is 122 cm³/mol. The standard InChI is InChI=1S/C24H34N4O5/c1-6-7-8-9-10-18(3)32-22(29)15-17(2)24(30)33-19(4)23-25-27-28(26-23)16-20-11-13-21(31-5)14-12-20/h11-14,18-19H,2,6-10,15-16H2,1,3-5H3. The number of carbonyl (C=O) groups excluding carboxylic acids is 2. The molecule has 0 aliphatic heterocycles. The number of tetrazole rings is 1. The zero-order valence-electron chi connectivity index (χ0n) is 20.0. The van der Waals surface area contributed by atoms with Crippen molar-refractivity contribution in [1.82, 2.24) is 20.2 Å². The first kappa shape index (κ1) is 26.0. The van der Waals surface area contributed by atoms with Crippen LogP contribution in [0.5, 0.6) is 5.75 Å². The molecule has 1 aromatic heterocycles. The molecule has 0 saturated heterocycles. The van der Waals surface area contributed by atoms with Crippen LogP contribution in [0.2, 0.25) is 0 Å². The molecule has 0 aliphatic carbocycles. The van der Waals surface area contributed by atoms with Gasteiger partial charge in [-0.25, -0.2) is 4.79 Å². The summed E-state index contributed by atoms with van der Waals surface area (Å²) in [7, 11) is 1.61. The van der Waals surface area contributed by atoms with E-state index >= 15 is 0 Å². The molecule has 0 bridgehead atoms. The Bertz CT molecular complexity index is 910. The number of carbonyl (C=O) groups is 2. The minimum Gasteiger partial charge on any atom is -0.497 e. The van der Waals surface area contributed by atoms with Crippen LogP contribution in [0, 0.1) is 0 Å². The molecule has 2 unspecified atom stereocenters. The Morgan fingerprint density at radius 2 is 1.82 bits per heavy atom. The van der Waals surface area contributed by atoms with Gasteiger partial charge in [0.25, 0.3) is 0 Å². The van der Waals surface area contributed by atoms with Crippen LogP contribution in [0.4, 0.5) is 0 Å². The molecular formula is C24H34N4O5. The topological polar surface area (TPSA) is 105 Å². The van der Waals surface area contributed by atoms with E-state index in [1.165, 1.54) is 11.2 Å². The molecule has 2 atom stereocenters. The molecule has 1 heterocycles. The van der Waals surface area contributed by atoms with Gasteiger partial charge in [-0.05, 0) is 49.6 Å². The van der Waals surface area contributed by atoms with Crippen molar-refractivity contribution in [2.24, 2.45) is 0 Å². The van der Waals surface area contributed by atoms with Crippen LogP contribution in [0.3, 0.4) is 0 Å². The molecule has 9 heteroatoms. The minimum atomic E-state index is -0.743. The van der Waals surface area contributed by atoms with Crippen LogP contribution in [-0.4, -0.2) is 45.4 Å². The van der Waals surface area contributed by atoms with E-state index < -0.39 is 18.0 Å². The second kappa shape index (κ2) is 13.3. The van der Waals surface area contributed by atoms with Crippen LogP contribution >= 0.6 is 0 Å². The molecule has 0 amide bonds. The van der Waals surface area contributed by atoms with Crippen LogP contribution in [-0.2, 0) is 25.6 Å². The van der Waals surface area contributed by atoms with Crippen LogP contribution < -0.4 is 4.74 Å². The average Bonchev–Trinajstić information content (AvgIpc) is 3.25. The summed E-state index contributed by atoms with van der Waals surface area (Å²) in [5.41, 5.74) is 0.992. The highest BCUT2D eigenvalue weighted by Crippen LogP contribution is 2.16. The maximum atomic E-state index is 12.3. The van der Waals surface area contributed by atoms with Crippen LogP contribution in [0.1, 0.15) is 76.8 Å². The van der Waals surface area contributed by atoms with E-state index in [2.05, 4.69) is 28.9 Å². The third-order valence-corrected chi connectivity index (χ3v) is 5.04. The smallest absolute Gasteiger partial charge is 0.334 e. The summed E-state index contributed by atoms with van der Waals surface area (Å²) in [6.07, 6.45) is 4.10. The first-order chi connectivity index (χ1) is 15.8. The predicted octanol–water partition coefficient (Wildman–Crippen LogP) is 4.18. The largest absolute Gasteiger partial charge is 0.497 e. The molecule has 0 radical (unpaired) electrons. The van der Waals surface area contributed by atoms with Gasteiger partial charge in [-0.15, -0.1) is 10.2 Å². The van der Waals surface area contributed by atoms with Crippen molar-refractivity contribution in [1.29, 1.82) is 0 Å². The van der Waals surface area contributed by atoms with E-state index in [9.17, 15) is 9.59 Å². The Morgan fingerprint density at radius 1 is 1.09 bits per heavy atom. The maximum absolute atomic E-state index is 12.3. The number of unbranched alkanes of at least 4 members (excludes halogenated alkanes) is 3. The third kappa shape index (κ3) is 9.03. The van der Waals surface area contributed by atoms with Gasteiger partial charge in [-0.1, -0.05) is 44.9 Å². The molecule has 2 rings (SSSR count). The second-order valence-corrected chi connectivity index (χ2v) is 8.00. The molecule has 0 saturated carbocycles. The zero-order valence-corrected chi connectivity index (χ0v) is 20.0. The zero-order chi connectivity index (χ0) is 24.2. The summed E-state index contributed by atoms with van der Waals surface area (Å²) >= 11 is 0. The summed E-state index contributed by atoms with van der Waals surface area (Å²) in [6.45, 7) is 9.71. The number of ether oxygens (including phenoxy) is 3. The first-order valence-electron chi connectivity index (χ1n) is 11.3. The second-order valence-electron chi connectivity index (χ2n) is 8.00. The highest BCUT2D eigenvalue weighted by Gasteiger charge is 2.21. The van der Waals surface area contributed by atoms with E-state index in [1.54, 1.807) is 14.0 Å². The molecule has 2 aromatic rings. The van der Waals surface area contributed by atoms with E-state index in [4.69, 9.17) is 14.2 Å². The highest BCUT2D eigenvalue weighted by molar-refractivity contribution is 5.93. The molecule has 0 fully saturated rings. The van der Waals surface area contributed by atoms with Gasteiger partial charge in [-0.2, -0.15) is 4.80 Å². The fourth-order valence-electron chi connectivity index (χ4n) is 3.11. The Kier molecular flexibility index (Phi) is 10.5. The van der Waals surface area contributed by atoms with E-state index in [-0.39, 0.29) is 23.9 Å². The summed E-state index contributed by atoms with van der Waals surface area (Å²) in [6, 6.07) is 7.50. The Hall–Kier alpha value is -3.23. The molecule has 180 valence electrons. The van der Waals surface area contributed by atoms with Gasteiger partial charge >= 0.3 is 11.9 Å². The highest BCUT2D eigenvalue weighted by atomic mass is 16.6. The van der Waals surface area contributed by atoms with Crippen molar-refractivity contribution in [3.05, 3.63) is 47.8 Å².